The Morgan fingerprint density at radius 3 is 1.36 bits per heavy atom. The summed E-state index contributed by atoms with van der Waals surface area (Å²) in [5.41, 5.74) is 0. The SMILES string of the molecule is CC/C=C\C/C=C\C/C=C\C/C=C\C/C=C\C/C=C\CCCCCCCCC(=O)OC(COCCCCCCCCCCCCCCCCCCC)COP(=O)([O-])OCC[N+](C)(C)C. The van der Waals surface area contributed by atoms with Crippen molar-refractivity contribution >= 4 is 13.8 Å². The molecule has 0 aromatic carbocycles. The van der Waals surface area contributed by atoms with E-state index in [1.165, 1.54) is 109 Å². The zero-order valence-corrected chi connectivity index (χ0v) is 43.1. The van der Waals surface area contributed by atoms with E-state index < -0.39 is 13.9 Å². The number of phosphoric acid groups is 1. The van der Waals surface area contributed by atoms with Gasteiger partial charge in [0.1, 0.15) is 19.3 Å². The summed E-state index contributed by atoms with van der Waals surface area (Å²) in [5.74, 6) is -0.348. The van der Waals surface area contributed by atoms with Gasteiger partial charge in [0.2, 0.25) is 0 Å². The van der Waals surface area contributed by atoms with Gasteiger partial charge in [-0.25, -0.2) is 0 Å². The van der Waals surface area contributed by atoms with Gasteiger partial charge in [0.15, 0.2) is 0 Å². The Bertz CT molecular complexity index is 1250. The zero-order valence-electron chi connectivity index (χ0n) is 42.2. The Hall–Kier alpha value is -2.06. The molecular weight excluding hydrogens is 818 g/mol. The molecule has 0 saturated heterocycles. The molecule has 0 saturated carbocycles. The van der Waals surface area contributed by atoms with E-state index >= 15 is 0 Å². The van der Waals surface area contributed by atoms with Crippen molar-refractivity contribution in [1.82, 2.24) is 0 Å². The summed E-state index contributed by atoms with van der Waals surface area (Å²) in [5, 5.41) is 0. The predicted octanol–water partition coefficient (Wildman–Crippen LogP) is 15.6. The minimum absolute atomic E-state index is 0.0209. The average molecular weight is 918 g/mol. The molecule has 0 radical (unpaired) electrons. The highest BCUT2D eigenvalue weighted by Gasteiger charge is 2.20. The van der Waals surface area contributed by atoms with Crippen molar-refractivity contribution in [3.05, 3.63) is 72.9 Å². The number of rotatable bonds is 48. The molecule has 2 atom stereocenters. The van der Waals surface area contributed by atoms with E-state index in [1.54, 1.807) is 0 Å². The van der Waals surface area contributed by atoms with Crippen molar-refractivity contribution < 1.29 is 37.3 Å². The van der Waals surface area contributed by atoms with E-state index in [0.29, 0.717) is 24.1 Å². The molecule has 0 aliphatic heterocycles. The third-order valence-electron chi connectivity index (χ3n) is 11.0. The number of hydrogen-bond acceptors (Lipinski definition) is 7. The average Bonchev–Trinajstić information content (AvgIpc) is 3.25. The van der Waals surface area contributed by atoms with Crippen molar-refractivity contribution in [2.24, 2.45) is 0 Å². The van der Waals surface area contributed by atoms with Gasteiger partial charge >= 0.3 is 5.97 Å². The molecule has 0 aromatic heterocycles. The topological polar surface area (TPSA) is 94.1 Å². The van der Waals surface area contributed by atoms with Gasteiger partial charge in [-0.15, -0.1) is 0 Å². The molecule has 0 bridgehead atoms. The van der Waals surface area contributed by atoms with Gasteiger partial charge in [-0.05, 0) is 64.2 Å². The van der Waals surface area contributed by atoms with Crippen LogP contribution in [-0.4, -0.2) is 70.7 Å². The number of nitrogens with zero attached hydrogens (tertiary/aromatic N) is 1. The standard InChI is InChI=1S/C55H100NO7P/c1-6-8-10-12-14-16-18-20-22-24-25-26-27-28-29-30-31-32-34-36-38-40-42-44-46-48-55(57)63-54(53-62-64(58,59)61-51-49-56(3,4)5)52-60-50-47-45-43-41-39-37-35-33-23-21-19-17-15-13-11-9-7-2/h8,10,14,16,20,22,25-26,28-29,31-32,54H,6-7,9,11-13,15,17-19,21,23-24,27,30,33-53H2,1-5H3/b10-8-,16-14-,22-20-,26-25-,29-28-,32-31-. The summed E-state index contributed by atoms with van der Waals surface area (Å²) in [4.78, 5) is 25.2. The molecule has 0 aliphatic rings. The molecule has 0 heterocycles. The van der Waals surface area contributed by atoms with Crippen LogP contribution < -0.4 is 4.89 Å². The van der Waals surface area contributed by atoms with Crippen LogP contribution in [0.15, 0.2) is 72.9 Å². The number of carbonyl (C=O) groups is 1. The molecule has 0 aromatic rings. The van der Waals surface area contributed by atoms with Crippen LogP contribution in [0.3, 0.4) is 0 Å². The fourth-order valence-corrected chi connectivity index (χ4v) is 7.75. The number of esters is 1. The number of ether oxygens (including phenoxy) is 2. The molecule has 0 fully saturated rings. The first-order valence-corrected chi connectivity index (χ1v) is 27.6. The quantitative estimate of drug-likeness (QED) is 0.0197. The highest BCUT2D eigenvalue weighted by molar-refractivity contribution is 7.45. The van der Waals surface area contributed by atoms with Crippen molar-refractivity contribution in [3.63, 3.8) is 0 Å². The number of carbonyl (C=O) groups excluding carboxylic acids is 1. The lowest BCUT2D eigenvalue weighted by Gasteiger charge is -2.28. The van der Waals surface area contributed by atoms with Crippen LogP contribution in [0.2, 0.25) is 0 Å². The number of unbranched alkanes of at least 4 members (excludes halogenated alkanes) is 22. The molecule has 0 aliphatic carbocycles. The van der Waals surface area contributed by atoms with Crippen LogP contribution in [0.1, 0.15) is 213 Å². The summed E-state index contributed by atoms with van der Waals surface area (Å²) in [7, 11) is 1.34. The number of quaternary nitrogens is 1. The van der Waals surface area contributed by atoms with E-state index in [4.69, 9.17) is 18.5 Å². The summed E-state index contributed by atoms with van der Waals surface area (Å²) in [6.45, 7) is 5.30. The lowest BCUT2D eigenvalue weighted by atomic mass is 10.0. The molecule has 64 heavy (non-hydrogen) atoms. The van der Waals surface area contributed by atoms with Gasteiger partial charge < -0.3 is 27.9 Å². The van der Waals surface area contributed by atoms with Crippen molar-refractivity contribution in [2.45, 2.75) is 219 Å². The van der Waals surface area contributed by atoms with Crippen LogP contribution in [0.4, 0.5) is 0 Å². The third kappa shape index (κ3) is 50.9. The maximum absolute atomic E-state index is 12.8. The van der Waals surface area contributed by atoms with Crippen LogP contribution in [-0.2, 0) is 27.9 Å². The number of hydrogen-bond donors (Lipinski definition) is 0. The van der Waals surface area contributed by atoms with Crippen LogP contribution >= 0.6 is 7.82 Å². The Morgan fingerprint density at radius 1 is 0.500 bits per heavy atom. The number of allylic oxidation sites excluding steroid dienone is 12. The molecule has 2 unspecified atom stereocenters. The molecule has 9 heteroatoms. The normalized spacial score (nSPS) is 14.2. The van der Waals surface area contributed by atoms with Crippen LogP contribution in [0, 0.1) is 0 Å². The van der Waals surface area contributed by atoms with Gasteiger partial charge in [0.05, 0.1) is 34.4 Å². The predicted molar refractivity (Wildman–Crippen MR) is 272 cm³/mol. The molecule has 0 amide bonds. The highest BCUT2D eigenvalue weighted by atomic mass is 31.2. The third-order valence-corrected chi connectivity index (χ3v) is 12.0. The largest absolute Gasteiger partial charge is 0.756 e. The van der Waals surface area contributed by atoms with E-state index in [0.717, 1.165) is 83.5 Å². The Kier molecular flexibility index (Phi) is 45.9. The first-order valence-electron chi connectivity index (χ1n) is 26.2. The molecule has 0 N–H and O–H groups in total. The smallest absolute Gasteiger partial charge is 0.306 e. The van der Waals surface area contributed by atoms with E-state index in [-0.39, 0.29) is 25.8 Å². The lowest BCUT2D eigenvalue weighted by molar-refractivity contribution is -0.870. The zero-order chi connectivity index (χ0) is 46.9. The summed E-state index contributed by atoms with van der Waals surface area (Å²) in [6, 6.07) is 0. The first kappa shape index (κ1) is 61.9. The minimum atomic E-state index is -4.54. The van der Waals surface area contributed by atoms with Gasteiger partial charge in [-0.2, -0.15) is 0 Å². The summed E-state index contributed by atoms with van der Waals surface area (Å²) in [6.07, 6.45) is 62.1. The maximum atomic E-state index is 12.8. The monoisotopic (exact) mass is 918 g/mol. The van der Waals surface area contributed by atoms with Crippen LogP contribution in [0.25, 0.3) is 0 Å². The second kappa shape index (κ2) is 47.4. The lowest BCUT2D eigenvalue weighted by Crippen LogP contribution is -2.37. The second-order valence-electron chi connectivity index (χ2n) is 18.5. The fourth-order valence-electron chi connectivity index (χ4n) is 7.02. The van der Waals surface area contributed by atoms with Gasteiger partial charge in [-0.3, -0.25) is 9.36 Å². The molecule has 0 spiro atoms. The summed E-state index contributed by atoms with van der Waals surface area (Å²) >= 11 is 0. The first-order chi connectivity index (χ1) is 31.1. The highest BCUT2D eigenvalue weighted by Crippen LogP contribution is 2.38. The van der Waals surface area contributed by atoms with Crippen molar-refractivity contribution in [2.75, 3.05) is 54.1 Å². The van der Waals surface area contributed by atoms with E-state index in [2.05, 4.69) is 86.8 Å². The van der Waals surface area contributed by atoms with Gasteiger partial charge in [-0.1, -0.05) is 215 Å². The van der Waals surface area contributed by atoms with Gasteiger partial charge in [0, 0.05) is 13.0 Å². The van der Waals surface area contributed by atoms with Gasteiger partial charge in [0.25, 0.3) is 7.82 Å². The minimum Gasteiger partial charge on any atom is -0.756 e. The second-order valence-corrected chi connectivity index (χ2v) is 19.9. The molecular formula is C55H100NO7P. The van der Waals surface area contributed by atoms with Crippen molar-refractivity contribution in [3.8, 4) is 0 Å². The summed E-state index contributed by atoms with van der Waals surface area (Å²) < 4.78 is 34.7. The molecule has 0 rings (SSSR count). The van der Waals surface area contributed by atoms with E-state index in [9.17, 15) is 14.3 Å². The number of likely N-dealkylation sites (N-methyl/N-ethyl adjacent to an activating group) is 1. The maximum Gasteiger partial charge on any atom is 0.306 e. The molecule has 8 nitrogen and oxygen atoms in total. The van der Waals surface area contributed by atoms with Crippen molar-refractivity contribution in [1.29, 1.82) is 0 Å². The number of phosphoric ester groups is 1. The van der Waals surface area contributed by atoms with Crippen LogP contribution in [0.5, 0.6) is 0 Å². The van der Waals surface area contributed by atoms with E-state index in [1.807, 2.05) is 21.1 Å². The molecule has 372 valence electrons. The Morgan fingerprint density at radius 2 is 0.906 bits per heavy atom. The fraction of sp³-hybridized carbons (Fsp3) is 0.764. The Labute approximate surface area is 395 Å². The Balaban J connectivity index is 4.18.